The second kappa shape index (κ2) is 6.59. The predicted molar refractivity (Wildman–Crippen MR) is 101 cm³/mol. The van der Waals surface area contributed by atoms with E-state index < -0.39 is 29.4 Å². The number of carboxylic acid groups (broad SMARTS) is 1. The molecule has 1 saturated heterocycles. The van der Waals surface area contributed by atoms with Crippen LogP contribution in [0.5, 0.6) is 0 Å². The van der Waals surface area contributed by atoms with Gasteiger partial charge in [0.2, 0.25) is 0 Å². The van der Waals surface area contributed by atoms with Crippen LogP contribution in [0.25, 0.3) is 0 Å². The van der Waals surface area contributed by atoms with Crippen molar-refractivity contribution in [3.63, 3.8) is 0 Å². The Morgan fingerprint density at radius 3 is 2.32 bits per heavy atom. The maximum Gasteiger partial charge on any atom is 0.336 e. The Labute approximate surface area is 161 Å². The highest BCUT2D eigenvalue weighted by Gasteiger charge is 2.42. The summed E-state index contributed by atoms with van der Waals surface area (Å²) in [6.45, 7) is 4.67. The summed E-state index contributed by atoms with van der Waals surface area (Å²) in [4.78, 5) is 14.7. The highest BCUT2D eigenvalue weighted by atomic mass is 19.1. The van der Waals surface area contributed by atoms with Gasteiger partial charge in [0.25, 0.3) is 0 Å². The van der Waals surface area contributed by atoms with E-state index in [1.807, 2.05) is 13.8 Å². The van der Waals surface area contributed by atoms with E-state index in [1.54, 1.807) is 4.90 Å². The Bertz CT molecular complexity index is 861. The van der Waals surface area contributed by atoms with Gasteiger partial charge < -0.3 is 31.1 Å². The van der Waals surface area contributed by atoms with Crippen molar-refractivity contribution in [3.05, 3.63) is 29.0 Å². The topological polar surface area (TPSA) is 102 Å². The Morgan fingerprint density at radius 2 is 1.79 bits per heavy atom. The number of fused-ring (bicyclic) bond motifs is 1. The minimum atomic E-state index is -1.69. The zero-order valence-corrected chi connectivity index (χ0v) is 15.7. The molecule has 1 unspecified atom stereocenters. The number of piperazine rings is 1. The molecule has 5 N–H and O–H groups in total. The fourth-order valence-corrected chi connectivity index (χ4v) is 4.27. The van der Waals surface area contributed by atoms with Gasteiger partial charge in [0.1, 0.15) is 11.8 Å². The van der Waals surface area contributed by atoms with E-state index >= 15 is 8.78 Å². The maximum absolute atomic E-state index is 15.7. The van der Waals surface area contributed by atoms with E-state index in [-0.39, 0.29) is 40.6 Å². The molecule has 9 heteroatoms. The van der Waals surface area contributed by atoms with E-state index in [0.29, 0.717) is 13.1 Å². The third-order valence-electron chi connectivity index (χ3n) is 5.57. The molecule has 2 fully saturated rings. The van der Waals surface area contributed by atoms with Crippen LogP contribution >= 0.6 is 0 Å². The standard InChI is InChI=1S/C19H24F2N4O3/c1-8-5-24(6-9(2)23-8)17-13(20)15(22)12-16(14(17)21)25(10-3-4-10)7-11(18(12)26)19(27)28/h7-10,18,23,26H,3-6,22H2,1-2H3,(H,27,28)/t8-,9+,18?. The molecule has 1 aliphatic carbocycles. The SMILES string of the molecule is C[C@@H]1CN(c2c(F)c(N)c3c(c2F)N(C2CC2)C=C(C(=O)O)C3O)C[C@H](C)N1. The van der Waals surface area contributed by atoms with Crippen molar-refractivity contribution in [1.29, 1.82) is 0 Å². The van der Waals surface area contributed by atoms with Gasteiger partial charge in [0, 0.05) is 43.0 Å². The van der Waals surface area contributed by atoms with Gasteiger partial charge in [-0.1, -0.05) is 0 Å². The van der Waals surface area contributed by atoms with E-state index in [0.717, 1.165) is 12.8 Å². The zero-order chi connectivity index (χ0) is 20.3. The number of hydrogen-bond donors (Lipinski definition) is 4. The van der Waals surface area contributed by atoms with Crippen molar-refractivity contribution in [2.45, 2.75) is 50.9 Å². The molecule has 152 valence electrons. The van der Waals surface area contributed by atoms with Gasteiger partial charge in [0.15, 0.2) is 11.6 Å². The minimum Gasteiger partial charge on any atom is -0.478 e. The Kier molecular flexibility index (Phi) is 4.46. The molecule has 3 aliphatic rings. The fraction of sp³-hybridized carbons (Fsp3) is 0.526. The number of nitrogen functional groups attached to an aromatic ring is 1. The van der Waals surface area contributed by atoms with Gasteiger partial charge >= 0.3 is 5.97 Å². The molecule has 28 heavy (non-hydrogen) atoms. The summed E-state index contributed by atoms with van der Waals surface area (Å²) in [6, 6.07) is -0.0273. The average Bonchev–Trinajstić information content (AvgIpc) is 3.43. The Hall–Kier alpha value is -2.39. The quantitative estimate of drug-likeness (QED) is 0.579. The summed E-state index contributed by atoms with van der Waals surface area (Å²) in [7, 11) is 0. The monoisotopic (exact) mass is 394 g/mol. The number of benzene rings is 1. The van der Waals surface area contributed by atoms with Crippen LogP contribution in [0.15, 0.2) is 11.8 Å². The normalized spacial score (nSPS) is 27.5. The van der Waals surface area contributed by atoms with E-state index in [9.17, 15) is 15.0 Å². The largest absolute Gasteiger partial charge is 0.478 e. The lowest BCUT2D eigenvalue weighted by Gasteiger charge is -2.40. The number of carboxylic acids is 1. The molecular formula is C19H24F2N4O3. The van der Waals surface area contributed by atoms with Crippen molar-refractivity contribution in [3.8, 4) is 0 Å². The number of nitrogens with zero attached hydrogens (tertiary/aromatic N) is 2. The number of hydrogen-bond acceptors (Lipinski definition) is 6. The van der Waals surface area contributed by atoms with Crippen LogP contribution in [-0.4, -0.2) is 47.4 Å². The molecule has 0 bridgehead atoms. The van der Waals surface area contributed by atoms with Gasteiger partial charge in [-0.25, -0.2) is 13.6 Å². The minimum absolute atomic E-state index is 0.0206. The lowest BCUT2D eigenvalue weighted by molar-refractivity contribution is -0.133. The summed E-state index contributed by atoms with van der Waals surface area (Å²) in [5.74, 6) is -3.12. The van der Waals surface area contributed by atoms with Crippen LogP contribution in [-0.2, 0) is 4.79 Å². The summed E-state index contributed by atoms with van der Waals surface area (Å²) in [5, 5.41) is 23.2. The number of rotatable bonds is 3. The van der Waals surface area contributed by atoms with E-state index in [2.05, 4.69) is 5.32 Å². The molecule has 4 rings (SSSR count). The molecule has 0 amide bonds. The third-order valence-corrected chi connectivity index (χ3v) is 5.57. The van der Waals surface area contributed by atoms with Crippen LogP contribution in [0, 0.1) is 11.6 Å². The molecule has 3 atom stereocenters. The molecule has 0 radical (unpaired) electrons. The first-order chi connectivity index (χ1) is 13.2. The van der Waals surface area contributed by atoms with Gasteiger partial charge in [0.05, 0.1) is 16.9 Å². The summed E-state index contributed by atoms with van der Waals surface area (Å²) in [6.07, 6.45) is 1.07. The number of anilines is 3. The second-order valence-electron chi connectivity index (χ2n) is 7.96. The summed E-state index contributed by atoms with van der Waals surface area (Å²) >= 11 is 0. The maximum atomic E-state index is 15.7. The number of nitrogens with one attached hydrogen (secondary N) is 1. The number of carbonyl (C=O) groups is 1. The van der Waals surface area contributed by atoms with Crippen molar-refractivity contribution >= 4 is 23.0 Å². The number of aliphatic carboxylic acids is 1. The summed E-state index contributed by atoms with van der Waals surface area (Å²) in [5.41, 5.74) is 4.79. The smallest absolute Gasteiger partial charge is 0.336 e. The van der Waals surface area contributed by atoms with E-state index in [1.165, 1.54) is 11.1 Å². The molecular weight excluding hydrogens is 370 g/mol. The molecule has 0 aromatic heterocycles. The molecule has 2 heterocycles. The van der Waals surface area contributed by atoms with Gasteiger partial charge in [-0.3, -0.25) is 0 Å². The van der Waals surface area contributed by atoms with E-state index in [4.69, 9.17) is 5.73 Å². The van der Waals surface area contributed by atoms with Crippen molar-refractivity contribution in [2.24, 2.45) is 0 Å². The number of aliphatic hydroxyl groups is 1. The first kappa shape index (κ1) is 18.9. The number of aliphatic hydroxyl groups excluding tert-OH is 1. The van der Waals surface area contributed by atoms with Crippen molar-refractivity contribution in [2.75, 3.05) is 28.6 Å². The van der Waals surface area contributed by atoms with Crippen molar-refractivity contribution < 1.29 is 23.8 Å². The molecule has 1 aromatic rings. The fourth-order valence-electron chi connectivity index (χ4n) is 4.27. The van der Waals surface area contributed by atoms with Gasteiger partial charge in [-0.05, 0) is 26.7 Å². The van der Waals surface area contributed by atoms with Crippen LogP contribution < -0.4 is 20.9 Å². The van der Waals surface area contributed by atoms with Crippen LogP contribution in [0.4, 0.5) is 25.8 Å². The molecule has 1 saturated carbocycles. The average molecular weight is 394 g/mol. The lowest BCUT2D eigenvalue weighted by Crippen LogP contribution is -2.54. The molecule has 7 nitrogen and oxygen atoms in total. The van der Waals surface area contributed by atoms with Crippen molar-refractivity contribution in [1.82, 2.24) is 5.32 Å². The lowest BCUT2D eigenvalue weighted by atomic mass is 9.92. The van der Waals surface area contributed by atoms with Crippen LogP contribution in [0.2, 0.25) is 0 Å². The zero-order valence-electron chi connectivity index (χ0n) is 15.7. The number of nitrogens with two attached hydrogens (primary N) is 1. The molecule has 0 spiro atoms. The highest BCUT2D eigenvalue weighted by Crippen LogP contribution is 2.49. The second-order valence-corrected chi connectivity index (χ2v) is 7.96. The van der Waals surface area contributed by atoms with Gasteiger partial charge in [-0.2, -0.15) is 0 Å². The highest BCUT2D eigenvalue weighted by molar-refractivity contribution is 5.93. The van der Waals surface area contributed by atoms with Crippen LogP contribution in [0.1, 0.15) is 38.4 Å². The molecule has 1 aromatic carbocycles. The Balaban J connectivity index is 1.90. The third kappa shape index (κ3) is 2.89. The Morgan fingerprint density at radius 1 is 1.18 bits per heavy atom. The van der Waals surface area contributed by atoms with Gasteiger partial charge in [-0.15, -0.1) is 0 Å². The first-order valence-corrected chi connectivity index (χ1v) is 9.43. The van der Waals surface area contributed by atoms with Crippen LogP contribution in [0.3, 0.4) is 0 Å². The first-order valence-electron chi connectivity index (χ1n) is 9.43. The predicted octanol–water partition coefficient (Wildman–Crippen LogP) is 1.72. The number of halogens is 2. The molecule has 2 aliphatic heterocycles. The summed E-state index contributed by atoms with van der Waals surface area (Å²) < 4.78 is 30.9.